The van der Waals surface area contributed by atoms with E-state index in [0.717, 1.165) is 11.1 Å². The number of aliphatic hydroxyl groups is 1. The first-order valence-corrected chi connectivity index (χ1v) is 11.0. The number of carbonyl (C=O) groups excluding carboxylic acids is 3. The van der Waals surface area contributed by atoms with Gasteiger partial charge in [-0.05, 0) is 43.4 Å². The van der Waals surface area contributed by atoms with Crippen molar-refractivity contribution in [1.29, 1.82) is 0 Å². The Morgan fingerprint density at radius 1 is 1.19 bits per heavy atom. The summed E-state index contributed by atoms with van der Waals surface area (Å²) in [5.74, 6) is -2.47. The van der Waals surface area contributed by atoms with Gasteiger partial charge in [-0.15, -0.1) is 0 Å². The maximum absolute atomic E-state index is 13.6. The first-order chi connectivity index (χ1) is 14.7. The van der Waals surface area contributed by atoms with Crippen LogP contribution in [0.2, 0.25) is 0 Å². The first-order valence-electron chi connectivity index (χ1n) is 11.0. The average molecular weight is 428 g/mol. The summed E-state index contributed by atoms with van der Waals surface area (Å²) < 4.78 is 0. The van der Waals surface area contributed by atoms with Gasteiger partial charge < -0.3 is 20.6 Å². The lowest BCUT2D eigenvalue weighted by Crippen LogP contribution is -2.50. The van der Waals surface area contributed by atoms with E-state index in [1.165, 1.54) is 4.90 Å². The molecule has 31 heavy (non-hydrogen) atoms. The summed E-state index contributed by atoms with van der Waals surface area (Å²) in [6.45, 7) is 7.43. The summed E-state index contributed by atoms with van der Waals surface area (Å²) in [5.41, 5.74) is 2.65. The quantitative estimate of drug-likeness (QED) is 0.605. The third-order valence-corrected chi connectivity index (χ3v) is 6.75. The number of nitrogens with zero attached hydrogens (tertiary/aromatic N) is 1. The van der Waals surface area contributed by atoms with Crippen LogP contribution < -0.4 is 10.6 Å². The highest BCUT2D eigenvalue weighted by atomic mass is 16.3. The van der Waals surface area contributed by atoms with Crippen LogP contribution in [-0.2, 0) is 14.4 Å². The van der Waals surface area contributed by atoms with Crippen LogP contribution in [-0.4, -0.2) is 53.5 Å². The van der Waals surface area contributed by atoms with Crippen LogP contribution in [0.1, 0.15) is 31.4 Å². The Labute approximate surface area is 183 Å². The van der Waals surface area contributed by atoms with E-state index in [2.05, 4.69) is 10.6 Å². The fraction of sp³-hybridized carbons (Fsp3) is 0.542. The van der Waals surface area contributed by atoms with Crippen LogP contribution in [0.3, 0.4) is 0 Å². The molecule has 0 bridgehead atoms. The highest BCUT2D eigenvalue weighted by Crippen LogP contribution is 2.45. The lowest BCUT2D eigenvalue weighted by molar-refractivity contribution is -0.142. The van der Waals surface area contributed by atoms with Gasteiger partial charge in [0.05, 0.1) is 24.5 Å². The predicted octanol–water partition coefficient (Wildman–Crippen LogP) is 2.02. The maximum Gasteiger partial charge on any atom is 0.247 e. The van der Waals surface area contributed by atoms with Gasteiger partial charge in [0, 0.05) is 18.7 Å². The number of rotatable bonds is 6. The second-order valence-electron chi connectivity index (χ2n) is 8.73. The molecule has 2 aliphatic rings. The Hall–Kier alpha value is -2.67. The molecule has 0 unspecified atom stereocenters. The van der Waals surface area contributed by atoms with Gasteiger partial charge in [-0.25, -0.2) is 0 Å². The van der Waals surface area contributed by atoms with Crippen LogP contribution in [0.15, 0.2) is 30.4 Å². The molecule has 168 valence electrons. The van der Waals surface area contributed by atoms with Gasteiger partial charge in [0.1, 0.15) is 6.04 Å². The summed E-state index contributed by atoms with van der Waals surface area (Å²) in [7, 11) is 1.56. The molecule has 1 aromatic rings. The fourth-order valence-electron chi connectivity index (χ4n) is 4.99. The molecule has 0 radical (unpaired) electrons. The minimum atomic E-state index is -0.787. The number of aliphatic hydroxyl groups excluding tert-OH is 1. The fourth-order valence-corrected chi connectivity index (χ4v) is 4.99. The van der Waals surface area contributed by atoms with Crippen LogP contribution in [0.5, 0.6) is 0 Å². The Morgan fingerprint density at radius 3 is 2.52 bits per heavy atom. The third kappa shape index (κ3) is 4.11. The normalized spacial score (nSPS) is 28.3. The molecule has 1 aliphatic carbocycles. The zero-order valence-corrected chi connectivity index (χ0v) is 18.9. The number of aryl methyl sites for hydroxylation is 2. The smallest absolute Gasteiger partial charge is 0.247 e. The van der Waals surface area contributed by atoms with Crippen molar-refractivity contribution in [2.24, 2.45) is 23.7 Å². The Kier molecular flexibility index (Phi) is 6.84. The SMILES string of the molecule is CC[C@@H](CO)N1C(=O)[C@@H]2[C@H](C=C[C@@H](C)[C@H]2C(=O)NC)[C@H]1C(=O)Nc1cc(C)ccc1C. The number of hydrogen-bond acceptors (Lipinski definition) is 4. The van der Waals surface area contributed by atoms with Crippen molar-refractivity contribution in [3.63, 3.8) is 0 Å². The van der Waals surface area contributed by atoms with E-state index >= 15 is 0 Å². The Bertz CT molecular complexity index is 893. The highest BCUT2D eigenvalue weighted by Gasteiger charge is 2.57. The second-order valence-corrected chi connectivity index (χ2v) is 8.73. The molecule has 7 heteroatoms. The number of benzene rings is 1. The van der Waals surface area contributed by atoms with Crippen molar-refractivity contribution >= 4 is 23.4 Å². The number of carbonyl (C=O) groups is 3. The lowest BCUT2D eigenvalue weighted by atomic mass is 9.70. The zero-order chi connectivity index (χ0) is 22.9. The second kappa shape index (κ2) is 9.22. The van der Waals surface area contributed by atoms with Gasteiger partial charge in [-0.3, -0.25) is 14.4 Å². The third-order valence-electron chi connectivity index (χ3n) is 6.75. The van der Waals surface area contributed by atoms with Crippen molar-refractivity contribution in [3.8, 4) is 0 Å². The van der Waals surface area contributed by atoms with Crippen LogP contribution in [0, 0.1) is 37.5 Å². The molecular weight excluding hydrogens is 394 g/mol. The van der Waals surface area contributed by atoms with Crippen LogP contribution in [0.25, 0.3) is 0 Å². The number of amides is 3. The van der Waals surface area contributed by atoms with E-state index in [0.29, 0.717) is 12.1 Å². The van der Waals surface area contributed by atoms with Gasteiger partial charge in [-0.1, -0.05) is 38.1 Å². The van der Waals surface area contributed by atoms with E-state index in [4.69, 9.17) is 0 Å². The molecule has 3 rings (SSSR count). The molecule has 1 aromatic carbocycles. The van der Waals surface area contributed by atoms with Crippen molar-refractivity contribution in [2.45, 2.75) is 46.2 Å². The highest BCUT2D eigenvalue weighted by molar-refractivity contribution is 6.02. The van der Waals surface area contributed by atoms with E-state index < -0.39 is 29.8 Å². The molecule has 1 heterocycles. The molecule has 1 aliphatic heterocycles. The number of allylic oxidation sites excluding steroid dienone is 1. The molecule has 1 fully saturated rings. The molecule has 6 atom stereocenters. The van der Waals surface area contributed by atoms with Crippen LogP contribution >= 0.6 is 0 Å². The van der Waals surface area contributed by atoms with E-state index in [1.54, 1.807) is 7.05 Å². The molecule has 0 saturated carbocycles. The number of fused-ring (bicyclic) bond motifs is 1. The van der Waals surface area contributed by atoms with Gasteiger partial charge >= 0.3 is 0 Å². The monoisotopic (exact) mass is 427 g/mol. The Balaban J connectivity index is 2.03. The van der Waals surface area contributed by atoms with E-state index in [9.17, 15) is 19.5 Å². The summed E-state index contributed by atoms with van der Waals surface area (Å²) >= 11 is 0. The average Bonchev–Trinajstić information content (AvgIpc) is 3.04. The van der Waals surface area contributed by atoms with E-state index in [1.807, 2.05) is 58.0 Å². The number of nitrogens with one attached hydrogen (secondary N) is 2. The van der Waals surface area contributed by atoms with Gasteiger partial charge in [0.25, 0.3) is 0 Å². The van der Waals surface area contributed by atoms with Gasteiger partial charge in [0.2, 0.25) is 17.7 Å². The number of likely N-dealkylation sites (tertiary alicyclic amines) is 1. The number of anilines is 1. The van der Waals surface area contributed by atoms with Gasteiger partial charge in [0.15, 0.2) is 0 Å². The summed E-state index contributed by atoms with van der Waals surface area (Å²) in [5, 5.41) is 15.6. The molecular formula is C24H33N3O4. The minimum absolute atomic E-state index is 0.123. The summed E-state index contributed by atoms with van der Waals surface area (Å²) in [4.78, 5) is 41.3. The van der Waals surface area contributed by atoms with Crippen LogP contribution in [0.4, 0.5) is 5.69 Å². The molecule has 1 saturated heterocycles. The van der Waals surface area contributed by atoms with Crippen molar-refractivity contribution in [3.05, 3.63) is 41.5 Å². The lowest BCUT2D eigenvalue weighted by Gasteiger charge is -2.33. The van der Waals surface area contributed by atoms with Crippen molar-refractivity contribution in [2.75, 3.05) is 19.0 Å². The minimum Gasteiger partial charge on any atom is -0.394 e. The first kappa shape index (κ1) is 23.0. The topological polar surface area (TPSA) is 98.7 Å². The van der Waals surface area contributed by atoms with Gasteiger partial charge in [-0.2, -0.15) is 0 Å². The number of hydrogen-bond donors (Lipinski definition) is 3. The van der Waals surface area contributed by atoms with E-state index in [-0.39, 0.29) is 30.2 Å². The standard InChI is InChI=1S/C24H33N3O4/c1-6-16(12-28)27-21(23(30)26-18-11-13(2)7-8-14(18)3)17-10-9-15(4)19(22(29)25-5)20(17)24(27)31/h7-11,15-17,19-21,28H,6,12H2,1-5H3,(H,25,29)(H,26,30)/t15-,16+,17+,19-,20-,21+/m1/s1. The zero-order valence-electron chi connectivity index (χ0n) is 18.9. The predicted molar refractivity (Wildman–Crippen MR) is 119 cm³/mol. The molecule has 3 N–H and O–H groups in total. The molecule has 0 spiro atoms. The summed E-state index contributed by atoms with van der Waals surface area (Å²) in [6, 6.07) is 4.55. The molecule has 0 aromatic heterocycles. The Morgan fingerprint density at radius 2 is 1.90 bits per heavy atom. The van der Waals surface area contributed by atoms with Crippen molar-refractivity contribution in [1.82, 2.24) is 10.2 Å². The summed E-state index contributed by atoms with van der Waals surface area (Å²) in [6.07, 6.45) is 4.35. The molecule has 7 nitrogen and oxygen atoms in total. The molecule has 3 amide bonds. The van der Waals surface area contributed by atoms with Crippen molar-refractivity contribution < 1.29 is 19.5 Å². The largest absolute Gasteiger partial charge is 0.394 e. The maximum atomic E-state index is 13.6.